The van der Waals surface area contributed by atoms with Gasteiger partial charge < -0.3 is 10.2 Å². The van der Waals surface area contributed by atoms with E-state index in [0.29, 0.717) is 12.0 Å². The number of benzene rings is 2. The highest BCUT2D eigenvalue weighted by atomic mass is 16.2. The standard InChI is InChI=1S/C20H22N2O2/c1-15-5-4-6-17(13-15)20(24)21-18-9-7-16(8-10-18)14-19(23)22-11-2-3-12-22/h4-10,13H,2-3,11-12,14H2,1H3,(H,21,24). The van der Waals surface area contributed by atoms with Crippen molar-refractivity contribution in [1.82, 2.24) is 4.90 Å². The molecule has 2 aromatic rings. The number of aryl methyl sites for hydroxylation is 1. The van der Waals surface area contributed by atoms with E-state index in [1.54, 1.807) is 6.07 Å². The van der Waals surface area contributed by atoms with E-state index in [1.165, 1.54) is 0 Å². The number of likely N-dealkylation sites (tertiary alicyclic amines) is 1. The SMILES string of the molecule is Cc1cccc(C(=O)Nc2ccc(CC(=O)N3CCCC3)cc2)c1. The van der Waals surface area contributed by atoms with Gasteiger partial charge in [0.15, 0.2) is 0 Å². The van der Waals surface area contributed by atoms with E-state index in [0.717, 1.165) is 42.7 Å². The third-order valence-electron chi connectivity index (χ3n) is 4.31. The number of nitrogens with zero attached hydrogens (tertiary/aromatic N) is 1. The predicted molar refractivity (Wildman–Crippen MR) is 95.1 cm³/mol. The first-order valence-electron chi connectivity index (χ1n) is 8.36. The van der Waals surface area contributed by atoms with Gasteiger partial charge in [0.05, 0.1) is 6.42 Å². The van der Waals surface area contributed by atoms with E-state index >= 15 is 0 Å². The first-order valence-corrected chi connectivity index (χ1v) is 8.36. The van der Waals surface area contributed by atoms with Crippen LogP contribution in [-0.2, 0) is 11.2 Å². The van der Waals surface area contributed by atoms with Gasteiger partial charge in [0, 0.05) is 24.3 Å². The number of nitrogens with one attached hydrogen (secondary N) is 1. The van der Waals surface area contributed by atoms with Gasteiger partial charge in [-0.25, -0.2) is 0 Å². The number of hydrogen-bond acceptors (Lipinski definition) is 2. The summed E-state index contributed by atoms with van der Waals surface area (Å²) in [4.78, 5) is 26.3. The predicted octanol–water partition coefficient (Wildman–Crippen LogP) is 3.41. The molecule has 0 unspecified atom stereocenters. The molecule has 124 valence electrons. The van der Waals surface area contributed by atoms with Gasteiger partial charge >= 0.3 is 0 Å². The van der Waals surface area contributed by atoms with Crippen molar-refractivity contribution in [3.05, 3.63) is 65.2 Å². The molecule has 0 aliphatic carbocycles. The molecule has 1 saturated heterocycles. The molecule has 4 heteroatoms. The van der Waals surface area contributed by atoms with E-state index in [1.807, 2.05) is 54.3 Å². The molecular formula is C20H22N2O2. The Morgan fingerprint density at radius 2 is 1.75 bits per heavy atom. The summed E-state index contributed by atoms with van der Waals surface area (Å²) in [7, 11) is 0. The quantitative estimate of drug-likeness (QED) is 0.938. The van der Waals surface area contributed by atoms with Gasteiger partial charge in [0.1, 0.15) is 0 Å². The minimum Gasteiger partial charge on any atom is -0.342 e. The maximum Gasteiger partial charge on any atom is 0.255 e. The Morgan fingerprint density at radius 1 is 1.04 bits per heavy atom. The van der Waals surface area contributed by atoms with E-state index in [9.17, 15) is 9.59 Å². The van der Waals surface area contributed by atoms with Crippen LogP contribution in [0.25, 0.3) is 0 Å². The monoisotopic (exact) mass is 322 g/mol. The number of hydrogen-bond donors (Lipinski definition) is 1. The van der Waals surface area contributed by atoms with Crippen LogP contribution in [0, 0.1) is 6.92 Å². The Labute approximate surface area is 142 Å². The highest BCUT2D eigenvalue weighted by molar-refractivity contribution is 6.04. The second kappa shape index (κ2) is 7.30. The van der Waals surface area contributed by atoms with E-state index in [2.05, 4.69) is 5.32 Å². The van der Waals surface area contributed by atoms with Gasteiger partial charge in [-0.05, 0) is 49.6 Å². The number of carbonyl (C=O) groups is 2. The molecule has 1 fully saturated rings. The smallest absolute Gasteiger partial charge is 0.255 e. The van der Waals surface area contributed by atoms with Crippen molar-refractivity contribution in [2.75, 3.05) is 18.4 Å². The summed E-state index contributed by atoms with van der Waals surface area (Å²) in [6.07, 6.45) is 2.64. The Balaban J connectivity index is 1.60. The molecular weight excluding hydrogens is 300 g/mol. The Bertz CT molecular complexity index is 732. The van der Waals surface area contributed by atoms with Crippen LogP contribution in [0.5, 0.6) is 0 Å². The van der Waals surface area contributed by atoms with E-state index in [4.69, 9.17) is 0 Å². The fourth-order valence-corrected chi connectivity index (χ4v) is 2.95. The molecule has 4 nitrogen and oxygen atoms in total. The maximum absolute atomic E-state index is 12.2. The molecule has 0 bridgehead atoms. The third-order valence-corrected chi connectivity index (χ3v) is 4.31. The zero-order valence-corrected chi connectivity index (χ0v) is 13.9. The molecule has 0 aromatic heterocycles. The maximum atomic E-state index is 12.2. The van der Waals surface area contributed by atoms with Crippen molar-refractivity contribution in [3.63, 3.8) is 0 Å². The molecule has 1 N–H and O–H groups in total. The van der Waals surface area contributed by atoms with Gasteiger partial charge in [0.25, 0.3) is 5.91 Å². The topological polar surface area (TPSA) is 49.4 Å². The van der Waals surface area contributed by atoms with E-state index < -0.39 is 0 Å². The van der Waals surface area contributed by atoms with Crippen LogP contribution < -0.4 is 5.32 Å². The average Bonchev–Trinajstić information content (AvgIpc) is 3.11. The normalized spacial score (nSPS) is 13.8. The summed E-state index contributed by atoms with van der Waals surface area (Å²) in [5, 5.41) is 2.89. The van der Waals surface area contributed by atoms with Crippen molar-refractivity contribution in [1.29, 1.82) is 0 Å². The molecule has 0 spiro atoms. The zero-order chi connectivity index (χ0) is 16.9. The summed E-state index contributed by atoms with van der Waals surface area (Å²) in [5.41, 5.74) is 3.40. The number of anilines is 1. The molecule has 1 aliphatic rings. The highest BCUT2D eigenvalue weighted by Crippen LogP contribution is 2.15. The van der Waals surface area contributed by atoms with Crippen LogP contribution >= 0.6 is 0 Å². The number of amides is 2. The highest BCUT2D eigenvalue weighted by Gasteiger charge is 2.17. The molecule has 1 heterocycles. The second-order valence-electron chi connectivity index (χ2n) is 6.29. The first-order chi connectivity index (χ1) is 11.6. The van der Waals surface area contributed by atoms with Crippen molar-refractivity contribution >= 4 is 17.5 Å². The lowest BCUT2D eigenvalue weighted by Crippen LogP contribution is -2.29. The summed E-state index contributed by atoms with van der Waals surface area (Å²) >= 11 is 0. The van der Waals surface area contributed by atoms with Gasteiger partial charge in [-0.1, -0.05) is 29.8 Å². The molecule has 24 heavy (non-hydrogen) atoms. The molecule has 3 rings (SSSR count). The summed E-state index contributed by atoms with van der Waals surface area (Å²) in [6.45, 7) is 3.72. The second-order valence-corrected chi connectivity index (χ2v) is 6.29. The molecule has 2 aromatic carbocycles. The van der Waals surface area contributed by atoms with Crippen molar-refractivity contribution in [2.45, 2.75) is 26.2 Å². The van der Waals surface area contributed by atoms with Gasteiger partial charge in [-0.15, -0.1) is 0 Å². The Morgan fingerprint density at radius 3 is 2.42 bits per heavy atom. The summed E-state index contributed by atoms with van der Waals surface area (Å²) < 4.78 is 0. The lowest BCUT2D eigenvalue weighted by atomic mass is 10.1. The van der Waals surface area contributed by atoms with Gasteiger partial charge in [0.2, 0.25) is 5.91 Å². The van der Waals surface area contributed by atoms with Crippen LogP contribution in [0.3, 0.4) is 0 Å². The van der Waals surface area contributed by atoms with E-state index in [-0.39, 0.29) is 11.8 Å². The Hall–Kier alpha value is -2.62. The molecule has 0 radical (unpaired) electrons. The van der Waals surface area contributed by atoms with Crippen molar-refractivity contribution < 1.29 is 9.59 Å². The number of carbonyl (C=O) groups excluding carboxylic acids is 2. The molecule has 0 atom stereocenters. The van der Waals surface area contributed by atoms with Gasteiger partial charge in [-0.3, -0.25) is 9.59 Å². The van der Waals surface area contributed by atoms with Crippen LogP contribution in [0.2, 0.25) is 0 Å². The van der Waals surface area contributed by atoms with Crippen LogP contribution in [0.15, 0.2) is 48.5 Å². The zero-order valence-electron chi connectivity index (χ0n) is 13.9. The first kappa shape index (κ1) is 16.2. The molecule has 0 saturated carbocycles. The minimum absolute atomic E-state index is 0.125. The van der Waals surface area contributed by atoms with Crippen molar-refractivity contribution in [3.8, 4) is 0 Å². The minimum atomic E-state index is -0.125. The lowest BCUT2D eigenvalue weighted by Gasteiger charge is -2.15. The fraction of sp³-hybridized carbons (Fsp3) is 0.300. The van der Waals surface area contributed by atoms with Crippen LogP contribution in [0.1, 0.15) is 34.3 Å². The fourth-order valence-electron chi connectivity index (χ4n) is 2.95. The summed E-state index contributed by atoms with van der Waals surface area (Å²) in [6, 6.07) is 15.0. The largest absolute Gasteiger partial charge is 0.342 e. The molecule has 1 aliphatic heterocycles. The lowest BCUT2D eigenvalue weighted by molar-refractivity contribution is -0.129. The summed E-state index contributed by atoms with van der Waals surface area (Å²) in [5.74, 6) is 0.0589. The van der Waals surface area contributed by atoms with Crippen LogP contribution in [-0.4, -0.2) is 29.8 Å². The van der Waals surface area contributed by atoms with Crippen molar-refractivity contribution in [2.24, 2.45) is 0 Å². The Kier molecular flexibility index (Phi) is 4.94. The van der Waals surface area contributed by atoms with Crippen LogP contribution in [0.4, 0.5) is 5.69 Å². The van der Waals surface area contributed by atoms with Gasteiger partial charge in [-0.2, -0.15) is 0 Å². The molecule has 2 amide bonds. The average molecular weight is 322 g/mol. The third kappa shape index (κ3) is 4.02. The number of rotatable bonds is 4.